The predicted octanol–water partition coefficient (Wildman–Crippen LogP) is 0.921. The highest BCUT2D eigenvalue weighted by Gasteiger charge is 2.37. The first-order valence-corrected chi connectivity index (χ1v) is 9.68. The number of amides is 3. The topological polar surface area (TPSA) is 81.2 Å². The fourth-order valence-corrected chi connectivity index (χ4v) is 4.30. The number of aliphatic hydroxyl groups excluding tert-OH is 1. The SMILES string of the molecule is O=C(CN1C(=O)SC(=Cc2cccs2)C1=O)N1CCN(CCO)CC1. The summed E-state index contributed by atoms with van der Waals surface area (Å²) in [6.07, 6.45) is 1.69. The lowest BCUT2D eigenvalue weighted by molar-refractivity contribution is -0.137. The van der Waals surface area contributed by atoms with E-state index >= 15 is 0 Å². The molecule has 2 saturated heterocycles. The molecule has 1 aromatic rings. The van der Waals surface area contributed by atoms with Gasteiger partial charge in [-0.1, -0.05) is 6.07 Å². The Morgan fingerprint density at radius 3 is 2.64 bits per heavy atom. The van der Waals surface area contributed by atoms with Gasteiger partial charge in [0.25, 0.3) is 11.1 Å². The molecule has 0 bridgehead atoms. The van der Waals surface area contributed by atoms with Crippen LogP contribution in [0.1, 0.15) is 4.88 Å². The summed E-state index contributed by atoms with van der Waals surface area (Å²) < 4.78 is 0. The van der Waals surface area contributed by atoms with Crippen molar-refractivity contribution >= 4 is 46.2 Å². The van der Waals surface area contributed by atoms with E-state index in [2.05, 4.69) is 4.90 Å². The summed E-state index contributed by atoms with van der Waals surface area (Å²) in [7, 11) is 0. The molecule has 134 valence electrons. The largest absolute Gasteiger partial charge is 0.395 e. The fraction of sp³-hybridized carbons (Fsp3) is 0.438. The Kier molecular flexibility index (Phi) is 5.89. The molecule has 0 aliphatic carbocycles. The van der Waals surface area contributed by atoms with Crippen LogP contribution in [0.3, 0.4) is 0 Å². The summed E-state index contributed by atoms with van der Waals surface area (Å²) in [4.78, 5) is 43.0. The van der Waals surface area contributed by atoms with E-state index in [1.54, 1.807) is 11.0 Å². The molecule has 0 saturated carbocycles. The third-order valence-electron chi connectivity index (χ3n) is 4.12. The standard InChI is InChI=1S/C16H19N3O4S2/c20-8-7-17-3-5-18(6-4-17)14(21)11-19-15(22)13(25-16(19)23)10-12-2-1-9-24-12/h1-2,9-10,20H,3-8,11H2. The minimum atomic E-state index is -0.407. The molecule has 0 spiro atoms. The molecule has 1 aromatic heterocycles. The number of rotatable bonds is 5. The molecule has 3 amide bonds. The number of hydrogen-bond acceptors (Lipinski definition) is 7. The molecular formula is C16H19N3O4S2. The summed E-state index contributed by atoms with van der Waals surface area (Å²) in [5.74, 6) is -0.626. The number of thioether (sulfide) groups is 1. The lowest BCUT2D eigenvalue weighted by Crippen LogP contribution is -2.52. The van der Waals surface area contributed by atoms with Gasteiger partial charge in [0.2, 0.25) is 5.91 Å². The van der Waals surface area contributed by atoms with Crippen LogP contribution in [0, 0.1) is 0 Å². The number of aliphatic hydroxyl groups is 1. The smallest absolute Gasteiger partial charge is 0.294 e. The van der Waals surface area contributed by atoms with E-state index in [0.29, 0.717) is 37.6 Å². The average Bonchev–Trinajstić information content (AvgIpc) is 3.20. The van der Waals surface area contributed by atoms with E-state index in [-0.39, 0.29) is 19.1 Å². The normalized spacial score (nSPS) is 20.8. The minimum Gasteiger partial charge on any atom is -0.395 e. The highest BCUT2D eigenvalue weighted by atomic mass is 32.2. The maximum Gasteiger partial charge on any atom is 0.294 e. The van der Waals surface area contributed by atoms with Gasteiger partial charge in [0, 0.05) is 37.6 Å². The number of carbonyl (C=O) groups is 3. The second-order valence-electron chi connectivity index (χ2n) is 5.73. The molecule has 1 N–H and O–H groups in total. The maximum absolute atomic E-state index is 12.4. The van der Waals surface area contributed by atoms with Crippen LogP contribution in [0.5, 0.6) is 0 Å². The molecule has 0 atom stereocenters. The van der Waals surface area contributed by atoms with Gasteiger partial charge in [-0.15, -0.1) is 11.3 Å². The summed E-state index contributed by atoms with van der Waals surface area (Å²) in [6, 6.07) is 3.75. The third-order valence-corrected chi connectivity index (χ3v) is 5.85. The number of piperazine rings is 1. The molecule has 3 heterocycles. The van der Waals surface area contributed by atoms with E-state index in [0.717, 1.165) is 21.5 Å². The third kappa shape index (κ3) is 4.30. The molecule has 2 aliphatic rings. The molecular weight excluding hydrogens is 362 g/mol. The van der Waals surface area contributed by atoms with Crippen molar-refractivity contribution < 1.29 is 19.5 Å². The van der Waals surface area contributed by atoms with E-state index in [9.17, 15) is 14.4 Å². The van der Waals surface area contributed by atoms with Crippen molar-refractivity contribution in [1.29, 1.82) is 0 Å². The van der Waals surface area contributed by atoms with Gasteiger partial charge < -0.3 is 10.0 Å². The van der Waals surface area contributed by atoms with Gasteiger partial charge in [-0.05, 0) is 29.3 Å². The lowest BCUT2D eigenvalue weighted by atomic mass is 10.3. The van der Waals surface area contributed by atoms with Gasteiger partial charge in [-0.3, -0.25) is 24.2 Å². The number of β-amino-alcohol motifs (C(OH)–C–C–N with tert-alkyl or cyclic N) is 1. The van der Waals surface area contributed by atoms with Crippen LogP contribution in [-0.4, -0.2) is 82.7 Å². The highest BCUT2D eigenvalue weighted by Crippen LogP contribution is 2.32. The average molecular weight is 381 g/mol. The van der Waals surface area contributed by atoms with E-state index < -0.39 is 11.1 Å². The molecule has 0 radical (unpaired) electrons. The van der Waals surface area contributed by atoms with Crippen molar-refractivity contribution in [1.82, 2.24) is 14.7 Å². The predicted molar refractivity (Wildman–Crippen MR) is 97.1 cm³/mol. The summed E-state index contributed by atoms with van der Waals surface area (Å²) in [5.41, 5.74) is 0. The van der Waals surface area contributed by atoms with Crippen molar-refractivity contribution in [2.45, 2.75) is 0 Å². The molecule has 7 nitrogen and oxygen atoms in total. The van der Waals surface area contributed by atoms with E-state index in [4.69, 9.17) is 5.11 Å². The zero-order valence-electron chi connectivity index (χ0n) is 13.6. The second kappa shape index (κ2) is 8.13. The zero-order valence-corrected chi connectivity index (χ0v) is 15.2. The quantitative estimate of drug-likeness (QED) is 0.764. The van der Waals surface area contributed by atoms with Gasteiger partial charge in [-0.2, -0.15) is 0 Å². The molecule has 9 heteroatoms. The second-order valence-corrected chi connectivity index (χ2v) is 7.70. The molecule has 25 heavy (non-hydrogen) atoms. The van der Waals surface area contributed by atoms with Crippen molar-refractivity contribution in [3.8, 4) is 0 Å². The van der Waals surface area contributed by atoms with Crippen LogP contribution in [-0.2, 0) is 9.59 Å². The molecule has 2 aliphatic heterocycles. The Morgan fingerprint density at radius 2 is 2.00 bits per heavy atom. The maximum atomic E-state index is 12.4. The molecule has 0 aromatic carbocycles. The van der Waals surface area contributed by atoms with Crippen LogP contribution in [0.15, 0.2) is 22.4 Å². The van der Waals surface area contributed by atoms with Crippen molar-refractivity contribution in [2.75, 3.05) is 45.9 Å². The zero-order chi connectivity index (χ0) is 17.8. The van der Waals surface area contributed by atoms with Gasteiger partial charge in [0.1, 0.15) is 6.54 Å². The monoisotopic (exact) mass is 381 g/mol. The van der Waals surface area contributed by atoms with Crippen LogP contribution >= 0.6 is 23.1 Å². The van der Waals surface area contributed by atoms with Gasteiger partial charge in [0.05, 0.1) is 11.5 Å². The van der Waals surface area contributed by atoms with Crippen LogP contribution in [0.2, 0.25) is 0 Å². The van der Waals surface area contributed by atoms with Gasteiger partial charge >= 0.3 is 0 Å². The Bertz CT molecular complexity index is 682. The van der Waals surface area contributed by atoms with Crippen molar-refractivity contribution in [3.63, 3.8) is 0 Å². The Hall–Kier alpha value is -1.68. The fourth-order valence-electron chi connectivity index (χ4n) is 2.74. The van der Waals surface area contributed by atoms with Crippen molar-refractivity contribution in [3.05, 3.63) is 27.3 Å². The Labute approximate surface area is 153 Å². The summed E-state index contributed by atoms with van der Waals surface area (Å²) >= 11 is 2.36. The molecule has 2 fully saturated rings. The number of nitrogens with zero attached hydrogens (tertiary/aromatic N) is 3. The van der Waals surface area contributed by atoms with E-state index in [1.165, 1.54) is 11.3 Å². The Balaban J connectivity index is 1.58. The number of carbonyl (C=O) groups excluding carboxylic acids is 3. The minimum absolute atomic E-state index is 0.0985. The first-order chi connectivity index (χ1) is 12.1. The van der Waals surface area contributed by atoms with Crippen LogP contribution < -0.4 is 0 Å². The highest BCUT2D eigenvalue weighted by molar-refractivity contribution is 8.18. The molecule has 0 unspecified atom stereocenters. The van der Waals surface area contributed by atoms with Crippen LogP contribution in [0.25, 0.3) is 6.08 Å². The first-order valence-electron chi connectivity index (χ1n) is 7.98. The number of thiophene rings is 1. The first kappa shape index (κ1) is 18.1. The van der Waals surface area contributed by atoms with E-state index in [1.807, 2.05) is 17.5 Å². The Morgan fingerprint density at radius 1 is 1.24 bits per heavy atom. The van der Waals surface area contributed by atoms with Gasteiger partial charge in [-0.25, -0.2) is 0 Å². The summed E-state index contributed by atoms with van der Waals surface area (Å²) in [6.45, 7) is 2.94. The molecule has 3 rings (SSSR count). The number of imide groups is 1. The number of hydrogen-bond donors (Lipinski definition) is 1. The van der Waals surface area contributed by atoms with Crippen LogP contribution in [0.4, 0.5) is 4.79 Å². The van der Waals surface area contributed by atoms with Gasteiger partial charge in [0.15, 0.2) is 0 Å². The summed E-state index contributed by atoms with van der Waals surface area (Å²) in [5, 5.41) is 10.4. The lowest BCUT2D eigenvalue weighted by Gasteiger charge is -2.34. The van der Waals surface area contributed by atoms with Crippen molar-refractivity contribution in [2.24, 2.45) is 0 Å².